The number of carbonyl (C=O) groups is 1. The van der Waals surface area contributed by atoms with E-state index in [2.05, 4.69) is 9.88 Å². The molecule has 1 amide bonds. The first kappa shape index (κ1) is 20.8. The summed E-state index contributed by atoms with van der Waals surface area (Å²) >= 11 is 0. The third kappa shape index (κ3) is 4.52. The van der Waals surface area contributed by atoms with E-state index in [-0.39, 0.29) is 17.7 Å². The molecule has 4 N–H and O–H groups in total. The topological polar surface area (TPSA) is 139 Å². The average molecular weight is 425 g/mol. The highest BCUT2D eigenvalue weighted by Crippen LogP contribution is 2.32. The number of aromatic hydroxyl groups is 1. The van der Waals surface area contributed by atoms with Gasteiger partial charge in [-0.3, -0.25) is 19.3 Å². The van der Waals surface area contributed by atoms with Crippen molar-refractivity contribution in [2.24, 2.45) is 5.73 Å². The Hall–Kier alpha value is -3.43. The van der Waals surface area contributed by atoms with Crippen LogP contribution in [0.3, 0.4) is 0 Å². The highest BCUT2D eigenvalue weighted by molar-refractivity contribution is 5.80. The van der Waals surface area contributed by atoms with Gasteiger partial charge in [-0.1, -0.05) is 18.2 Å². The number of rotatable bonds is 6. The van der Waals surface area contributed by atoms with Crippen molar-refractivity contribution < 1.29 is 19.1 Å². The number of morpholine rings is 1. The highest BCUT2D eigenvalue weighted by atomic mass is 16.5. The van der Waals surface area contributed by atoms with Crippen molar-refractivity contribution in [3.8, 4) is 5.75 Å². The number of fused-ring (bicyclic) bond motifs is 1. The Bertz CT molecular complexity index is 1230. The molecule has 0 saturated carbocycles. The van der Waals surface area contributed by atoms with Crippen molar-refractivity contribution >= 4 is 16.8 Å². The Morgan fingerprint density at radius 2 is 1.94 bits per heavy atom. The van der Waals surface area contributed by atoms with Gasteiger partial charge in [0.1, 0.15) is 5.76 Å². The van der Waals surface area contributed by atoms with Gasteiger partial charge in [0.2, 0.25) is 17.1 Å². The van der Waals surface area contributed by atoms with Crippen LogP contribution < -0.4 is 16.7 Å². The number of primary amides is 1. The number of aromatic amines is 1. The van der Waals surface area contributed by atoms with E-state index in [0.29, 0.717) is 44.1 Å². The molecule has 0 radical (unpaired) electrons. The first-order chi connectivity index (χ1) is 14.9. The lowest BCUT2D eigenvalue weighted by atomic mass is 9.92. The van der Waals surface area contributed by atoms with Crippen LogP contribution in [0.5, 0.6) is 5.75 Å². The molecule has 1 aromatic carbocycles. The Morgan fingerprint density at radius 1 is 1.19 bits per heavy atom. The number of nitrogens with one attached hydrogen (secondary N) is 1. The van der Waals surface area contributed by atoms with E-state index in [9.17, 15) is 19.5 Å². The minimum atomic E-state index is -1.01. The summed E-state index contributed by atoms with van der Waals surface area (Å²) in [5, 5.41) is 11.2. The van der Waals surface area contributed by atoms with Crippen molar-refractivity contribution in [3.05, 3.63) is 74.1 Å². The number of carbonyl (C=O) groups excluding carboxylic acids is 1. The average Bonchev–Trinajstić information content (AvgIpc) is 2.75. The van der Waals surface area contributed by atoms with E-state index in [1.807, 2.05) is 6.07 Å². The molecular formula is C22H23N3O6. The van der Waals surface area contributed by atoms with Gasteiger partial charge in [-0.05, 0) is 17.5 Å². The number of hydrogen-bond donors (Lipinski definition) is 3. The van der Waals surface area contributed by atoms with Gasteiger partial charge in [0.15, 0.2) is 5.76 Å². The van der Waals surface area contributed by atoms with Crippen molar-refractivity contribution in [2.45, 2.75) is 18.9 Å². The zero-order chi connectivity index (χ0) is 22.0. The van der Waals surface area contributed by atoms with Crippen LogP contribution in [-0.4, -0.2) is 47.2 Å². The monoisotopic (exact) mass is 425 g/mol. The molecule has 9 nitrogen and oxygen atoms in total. The standard InChI is InChI=1S/C22H23N3O6/c23-19(27)11-15(16-9-13-3-1-2-4-17(13)24-22(16)29)21-20(28)18(26)10-14(31-21)12-25-5-7-30-8-6-25/h1-4,9-10,15,28H,5-8,11-12H2,(H2,23,27)(H,24,29)/t15-/m0/s1. The lowest BCUT2D eigenvalue weighted by Gasteiger charge is -2.26. The molecule has 1 atom stereocenters. The van der Waals surface area contributed by atoms with Crippen LogP contribution in [0.15, 0.2) is 50.4 Å². The second kappa shape index (κ2) is 8.75. The molecule has 1 fully saturated rings. The maximum atomic E-state index is 12.8. The second-order valence-corrected chi connectivity index (χ2v) is 7.54. The van der Waals surface area contributed by atoms with E-state index >= 15 is 0 Å². The lowest BCUT2D eigenvalue weighted by Crippen LogP contribution is -2.35. The van der Waals surface area contributed by atoms with E-state index in [1.54, 1.807) is 24.3 Å². The van der Waals surface area contributed by atoms with Crippen LogP contribution in [0.2, 0.25) is 0 Å². The zero-order valence-corrected chi connectivity index (χ0v) is 16.8. The Kier molecular flexibility index (Phi) is 5.88. The predicted molar refractivity (Wildman–Crippen MR) is 113 cm³/mol. The van der Waals surface area contributed by atoms with Gasteiger partial charge in [-0.25, -0.2) is 0 Å². The SMILES string of the molecule is NC(=O)C[C@H](c1oc(CN2CCOCC2)cc(=O)c1O)c1cc2ccccc2[nH]c1=O. The minimum absolute atomic E-state index is 0.143. The molecule has 0 unspecified atom stereocenters. The van der Waals surface area contributed by atoms with E-state index < -0.39 is 28.6 Å². The smallest absolute Gasteiger partial charge is 0.252 e. The van der Waals surface area contributed by atoms with Gasteiger partial charge in [0.25, 0.3) is 5.56 Å². The van der Waals surface area contributed by atoms with E-state index in [0.717, 1.165) is 5.39 Å². The Balaban J connectivity index is 1.81. The Morgan fingerprint density at radius 3 is 2.68 bits per heavy atom. The van der Waals surface area contributed by atoms with Gasteiger partial charge in [-0.15, -0.1) is 0 Å². The number of hydrogen-bond acceptors (Lipinski definition) is 7. The molecule has 9 heteroatoms. The third-order valence-electron chi connectivity index (χ3n) is 5.36. The number of para-hydroxylation sites is 1. The summed E-state index contributed by atoms with van der Waals surface area (Å²) in [7, 11) is 0. The zero-order valence-electron chi connectivity index (χ0n) is 16.8. The van der Waals surface area contributed by atoms with Crippen LogP contribution in [-0.2, 0) is 16.1 Å². The number of nitrogens with two attached hydrogens (primary N) is 1. The number of pyridine rings is 1. The molecule has 1 aliphatic heterocycles. The molecule has 2 aromatic heterocycles. The fraction of sp³-hybridized carbons (Fsp3) is 0.318. The van der Waals surface area contributed by atoms with E-state index in [1.165, 1.54) is 6.07 Å². The van der Waals surface area contributed by atoms with Gasteiger partial charge >= 0.3 is 0 Å². The summed E-state index contributed by atoms with van der Waals surface area (Å²) in [5.74, 6) is -2.16. The molecule has 0 aliphatic carbocycles. The fourth-order valence-electron chi connectivity index (χ4n) is 3.82. The van der Waals surface area contributed by atoms with Crippen molar-refractivity contribution in [3.63, 3.8) is 0 Å². The fourth-order valence-corrected chi connectivity index (χ4v) is 3.82. The first-order valence-electron chi connectivity index (χ1n) is 9.98. The molecule has 4 rings (SSSR count). The van der Waals surface area contributed by atoms with Gasteiger partial charge in [-0.2, -0.15) is 0 Å². The number of nitrogens with zero attached hydrogens (tertiary/aromatic N) is 1. The van der Waals surface area contributed by atoms with Crippen LogP contribution in [0.25, 0.3) is 10.9 Å². The first-order valence-corrected chi connectivity index (χ1v) is 9.98. The number of aromatic nitrogens is 1. The summed E-state index contributed by atoms with van der Waals surface area (Å²) in [6.45, 7) is 2.84. The number of benzene rings is 1. The number of H-pyrrole nitrogens is 1. The second-order valence-electron chi connectivity index (χ2n) is 7.54. The lowest BCUT2D eigenvalue weighted by molar-refractivity contribution is -0.118. The third-order valence-corrected chi connectivity index (χ3v) is 5.36. The molecule has 0 bridgehead atoms. The molecule has 3 heterocycles. The van der Waals surface area contributed by atoms with Crippen molar-refractivity contribution in [1.82, 2.24) is 9.88 Å². The molecular weight excluding hydrogens is 402 g/mol. The largest absolute Gasteiger partial charge is 0.502 e. The Labute approximate surface area is 177 Å². The molecule has 162 valence electrons. The number of amides is 1. The van der Waals surface area contributed by atoms with Crippen molar-refractivity contribution in [1.29, 1.82) is 0 Å². The summed E-state index contributed by atoms with van der Waals surface area (Å²) < 4.78 is 11.2. The van der Waals surface area contributed by atoms with Gasteiger partial charge in [0, 0.05) is 36.7 Å². The maximum absolute atomic E-state index is 12.8. The molecule has 0 spiro atoms. The summed E-state index contributed by atoms with van der Waals surface area (Å²) in [6, 6.07) is 10.0. The molecule has 1 saturated heterocycles. The molecule has 31 heavy (non-hydrogen) atoms. The van der Waals surface area contributed by atoms with Crippen LogP contribution >= 0.6 is 0 Å². The summed E-state index contributed by atoms with van der Waals surface area (Å²) in [5.41, 5.74) is 5.14. The van der Waals surface area contributed by atoms with E-state index in [4.69, 9.17) is 14.9 Å². The number of ether oxygens (including phenoxy) is 1. The van der Waals surface area contributed by atoms with Gasteiger partial charge < -0.3 is 25.0 Å². The van der Waals surface area contributed by atoms with Crippen LogP contribution in [0.1, 0.15) is 29.4 Å². The summed E-state index contributed by atoms with van der Waals surface area (Å²) in [4.78, 5) is 41.9. The quantitative estimate of drug-likeness (QED) is 0.536. The maximum Gasteiger partial charge on any atom is 0.252 e. The van der Waals surface area contributed by atoms with Crippen molar-refractivity contribution in [2.75, 3.05) is 26.3 Å². The van der Waals surface area contributed by atoms with Crippen LogP contribution in [0, 0.1) is 0 Å². The molecule has 1 aliphatic rings. The molecule has 3 aromatic rings. The predicted octanol–water partition coefficient (Wildman–Crippen LogP) is 1.03. The summed E-state index contributed by atoms with van der Waals surface area (Å²) in [6.07, 6.45) is -0.307. The van der Waals surface area contributed by atoms with Crippen LogP contribution in [0.4, 0.5) is 0 Å². The van der Waals surface area contributed by atoms with Gasteiger partial charge in [0.05, 0.1) is 25.7 Å². The normalized spacial score (nSPS) is 15.7. The highest BCUT2D eigenvalue weighted by Gasteiger charge is 2.28. The minimum Gasteiger partial charge on any atom is -0.502 e.